The molecule has 0 amide bonds. The minimum absolute atomic E-state index is 0.184. The third kappa shape index (κ3) is 2.40. The summed E-state index contributed by atoms with van der Waals surface area (Å²) in [6.45, 7) is 4.12. The zero-order valence-corrected chi connectivity index (χ0v) is 11.1. The number of hydrogen-bond donors (Lipinski definition) is 1. The average molecular weight is 244 g/mol. The second kappa shape index (κ2) is 5.51. The van der Waals surface area contributed by atoms with Gasteiger partial charge in [0.2, 0.25) is 0 Å². The van der Waals surface area contributed by atoms with Gasteiger partial charge in [0.05, 0.1) is 6.10 Å². The molecule has 0 heterocycles. The maximum atomic E-state index is 10.5. The molecule has 0 radical (unpaired) electrons. The molecular weight excluding hydrogens is 224 g/mol. The second-order valence-electron chi connectivity index (χ2n) is 4.96. The Labute approximate surface area is 108 Å². The molecule has 0 saturated heterocycles. The van der Waals surface area contributed by atoms with Crippen LogP contribution < -0.4 is 0 Å². The van der Waals surface area contributed by atoms with Crippen LogP contribution in [0.1, 0.15) is 25.5 Å². The summed E-state index contributed by atoms with van der Waals surface area (Å²) in [5, 5.41) is 12.8. The molecule has 2 aromatic carbocycles. The normalized spacial score (nSPS) is 14.9. The highest BCUT2D eigenvalue weighted by Crippen LogP contribution is 2.29. The first-order chi connectivity index (χ1) is 8.65. The van der Waals surface area contributed by atoms with Crippen LogP contribution in [0.25, 0.3) is 10.8 Å². The average Bonchev–Trinajstić information content (AvgIpc) is 2.38. The fraction of sp³-hybridized carbons (Fsp3) is 0.375. The van der Waals surface area contributed by atoms with E-state index in [-0.39, 0.29) is 12.0 Å². The van der Waals surface area contributed by atoms with Crippen molar-refractivity contribution >= 4 is 10.8 Å². The summed E-state index contributed by atoms with van der Waals surface area (Å²) in [6.07, 6.45) is -0.781. The molecule has 2 nitrogen and oxygen atoms in total. The van der Waals surface area contributed by atoms with Crippen LogP contribution in [0.2, 0.25) is 0 Å². The van der Waals surface area contributed by atoms with Gasteiger partial charge >= 0.3 is 0 Å². The molecule has 2 atom stereocenters. The first-order valence-electron chi connectivity index (χ1n) is 6.33. The van der Waals surface area contributed by atoms with Gasteiger partial charge in [-0.05, 0) is 22.3 Å². The highest BCUT2D eigenvalue weighted by atomic mass is 16.5. The van der Waals surface area contributed by atoms with E-state index in [9.17, 15) is 5.11 Å². The van der Waals surface area contributed by atoms with Gasteiger partial charge in [0.15, 0.2) is 0 Å². The van der Waals surface area contributed by atoms with Crippen LogP contribution in [0, 0.1) is 5.92 Å². The number of aliphatic hydroxyl groups excluding tert-OH is 1. The standard InChI is InChI=1S/C16H20O2/c1-11(2)16(18-3)15(17)14-10-6-8-12-7-4-5-9-13(12)14/h4-11,15-17H,1-3H3. The van der Waals surface area contributed by atoms with Crippen molar-refractivity contribution in [3.63, 3.8) is 0 Å². The molecule has 2 heteroatoms. The van der Waals surface area contributed by atoms with Crippen LogP contribution >= 0.6 is 0 Å². The lowest BCUT2D eigenvalue weighted by Crippen LogP contribution is -2.26. The molecule has 96 valence electrons. The summed E-state index contributed by atoms with van der Waals surface area (Å²) in [5.41, 5.74) is 0.939. The Morgan fingerprint density at radius 3 is 2.33 bits per heavy atom. The monoisotopic (exact) mass is 244 g/mol. The highest BCUT2D eigenvalue weighted by Gasteiger charge is 2.24. The van der Waals surface area contributed by atoms with Crippen LogP contribution in [-0.2, 0) is 4.74 Å². The van der Waals surface area contributed by atoms with Crippen LogP contribution in [-0.4, -0.2) is 18.3 Å². The minimum atomic E-state index is -0.596. The van der Waals surface area contributed by atoms with Crippen LogP contribution in [0.5, 0.6) is 0 Å². The summed E-state index contributed by atoms with van der Waals surface area (Å²) in [5.74, 6) is 0.268. The van der Waals surface area contributed by atoms with Crippen LogP contribution in [0.15, 0.2) is 42.5 Å². The molecule has 1 N–H and O–H groups in total. The van der Waals surface area contributed by atoms with E-state index in [2.05, 4.69) is 26.0 Å². The molecule has 18 heavy (non-hydrogen) atoms. The van der Waals surface area contributed by atoms with Gasteiger partial charge in [0, 0.05) is 7.11 Å². The molecule has 2 rings (SSSR count). The smallest absolute Gasteiger partial charge is 0.106 e. The van der Waals surface area contributed by atoms with E-state index >= 15 is 0 Å². The number of rotatable bonds is 4. The van der Waals surface area contributed by atoms with E-state index in [0.29, 0.717) is 0 Å². The number of methoxy groups -OCH3 is 1. The van der Waals surface area contributed by atoms with E-state index in [1.165, 1.54) is 0 Å². The predicted molar refractivity (Wildman–Crippen MR) is 74.5 cm³/mol. The predicted octanol–water partition coefficient (Wildman–Crippen LogP) is 3.54. The van der Waals surface area contributed by atoms with Crippen LogP contribution in [0.4, 0.5) is 0 Å². The van der Waals surface area contributed by atoms with Gasteiger partial charge < -0.3 is 9.84 Å². The van der Waals surface area contributed by atoms with E-state index in [1.54, 1.807) is 7.11 Å². The molecule has 0 bridgehead atoms. The van der Waals surface area contributed by atoms with Crippen molar-refractivity contribution in [3.05, 3.63) is 48.0 Å². The number of hydrogen-bond acceptors (Lipinski definition) is 2. The van der Waals surface area contributed by atoms with E-state index in [1.807, 2.05) is 30.3 Å². The van der Waals surface area contributed by atoms with Gasteiger partial charge in [-0.25, -0.2) is 0 Å². The molecule has 0 spiro atoms. The lowest BCUT2D eigenvalue weighted by atomic mass is 9.92. The van der Waals surface area contributed by atoms with Crippen molar-refractivity contribution in [1.82, 2.24) is 0 Å². The SMILES string of the molecule is COC(C(C)C)C(O)c1cccc2ccccc12. The summed E-state index contributed by atoms with van der Waals surface area (Å²) >= 11 is 0. The largest absolute Gasteiger partial charge is 0.386 e. The van der Waals surface area contributed by atoms with Crippen molar-refractivity contribution in [3.8, 4) is 0 Å². The fourth-order valence-electron chi connectivity index (χ4n) is 2.45. The van der Waals surface area contributed by atoms with E-state index < -0.39 is 6.10 Å². The maximum absolute atomic E-state index is 10.5. The third-order valence-corrected chi connectivity index (χ3v) is 3.38. The Morgan fingerprint density at radius 2 is 1.67 bits per heavy atom. The molecule has 0 aliphatic carbocycles. The summed E-state index contributed by atoms with van der Waals surface area (Å²) < 4.78 is 5.43. The lowest BCUT2D eigenvalue weighted by Gasteiger charge is -2.26. The number of aliphatic hydroxyl groups is 1. The summed E-state index contributed by atoms with van der Waals surface area (Å²) in [6, 6.07) is 14.1. The quantitative estimate of drug-likeness (QED) is 0.891. The molecular formula is C16H20O2. The second-order valence-corrected chi connectivity index (χ2v) is 4.96. The zero-order chi connectivity index (χ0) is 13.1. The Morgan fingerprint density at radius 1 is 1.00 bits per heavy atom. The zero-order valence-electron chi connectivity index (χ0n) is 11.1. The van der Waals surface area contributed by atoms with Crippen molar-refractivity contribution < 1.29 is 9.84 Å². The maximum Gasteiger partial charge on any atom is 0.106 e. The third-order valence-electron chi connectivity index (χ3n) is 3.38. The Bertz CT molecular complexity index is 514. The van der Waals surface area contributed by atoms with Crippen molar-refractivity contribution in [1.29, 1.82) is 0 Å². The van der Waals surface area contributed by atoms with Gasteiger partial charge in [-0.2, -0.15) is 0 Å². The Kier molecular flexibility index (Phi) is 4.00. The highest BCUT2D eigenvalue weighted by molar-refractivity contribution is 5.86. The van der Waals surface area contributed by atoms with Gasteiger partial charge in [0.25, 0.3) is 0 Å². The molecule has 0 saturated carbocycles. The first-order valence-corrected chi connectivity index (χ1v) is 6.33. The molecule has 0 fully saturated rings. The Balaban J connectivity index is 2.47. The summed E-state index contributed by atoms with van der Waals surface area (Å²) in [7, 11) is 1.65. The topological polar surface area (TPSA) is 29.5 Å². The molecule has 0 aliphatic rings. The number of ether oxygens (including phenoxy) is 1. The van der Waals surface area contributed by atoms with Crippen molar-refractivity contribution in [2.24, 2.45) is 5.92 Å². The molecule has 2 unspecified atom stereocenters. The summed E-state index contributed by atoms with van der Waals surface area (Å²) in [4.78, 5) is 0. The Hall–Kier alpha value is -1.38. The van der Waals surface area contributed by atoms with Crippen LogP contribution in [0.3, 0.4) is 0 Å². The molecule has 0 aromatic heterocycles. The molecule has 2 aromatic rings. The lowest BCUT2D eigenvalue weighted by molar-refractivity contribution is -0.0384. The number of fused-ring (bicyclic) bond motifs is 1. The van der Waals surface area contributed by atoms with Gasteiger partial charge in [-0.3, -0.25) is 0 Å². The van der Waals surface area contributed by atoms with E-state index in [4.69, 9.17) is 4.74 Å². The van der Waals surface area contributed by atoms with Crippen molar-refractivity contribution in [2.75, 3.05) is 7.11 Å². The van der Waals surface area contributed by atoms with Gasteiger partial charge in [-0.15, -0.1) is 0 Å². The fourth-order valence-corrected chi connectivity index (χ4v) is 2.45. The van der Waals surface area contributed by atoms with Gasteiger partial charge in [-0.1, -0.05) is 56.3 Å². The van der Waals surface area contributed by atoms with Crippen molar-refractivity contribution in [2.45, 2.75) is 26.1 Å². The minimum Gasteiger partial charge on any atom is -0.386 e. The molecule has 0 aliphatic heterocycles. The van der Waals surface area contributed by atoms with E-state index in [0.717, 1.165) is 16.3 Å². The van der Waals surface area contributed by atoms with Gasteiger partial charge in [0.1, 0.15) is 6.10 Å². The first kappa shape index (κ1) is 13.1. The number of benzene rings is 2.